The van der Waals surface area contributed by atoms with Crippen molar-refractivity contribution in [3.8, 4) is 0 Å². The van der Waals surface area contributed by atoms with E-state index in [-0.39, 0.29) is 0 Å². The summed E-state index contributed by atoms with van der Waals surface area (Å²) in [5, 5.41) is 4.05. The molecule has 0 amide bonds. The fourth-order valence-corrected chi connectivity index (χ4v) is 17.1. The topological polar surface area (TPSA) is 0 Å². The van der Waals surface area contributed by atoms with Crippen molar-refractivity contribution in [3.63, 3.8) is 0 Å². The second-order valence-electron chi connectivity index (χ2n) is 9.32. The van der Waals surface area contributed by atoms with E-state index in [1.807, 2.05) is 0 Å². The average Bonchev–Trinajstić information content (AvgIpc) is 2.70. The molecule has 1 aliphatic heterocycles. The van der Waals surface area contributed by atoms with Crippen LogP contribution in [-0.4, -0.2) is 21.6 Å². The molecule has 1 heterocycles. The Morgan fingerprint density at radius 2 is 1.25 bits per heavy atom. The van der Waals surface area contributed by atoms with Crippen LogP contribution in [0.15, 0.2) is 60.7 Å². The van der Waals surface area contributed by atoms with Gasteiger partial charge in [-0.3, -0.25) is 0 Å². The maximum absolute atomic E-state index is 3.83. The first-order valence-electron chi connectivity index (χ1n) is 11.2. The SMILES string of the molecule is Cc1cc(C)c(B2S[P+]([Se-])(c3c(C)cc(C)cc3C)c3cccc4cccc2c34)c(C)c1. The molecule has 4 aromatic carbocycles. The van der Waals surface area contributed by atoms with E-state index in [0.717, 1.165) is 0 Å². The number of hydrogen-bond donors (Lipinski definition) is 0. The van der Waals surface area contributed by atoms with Crippen molar-refractivity contribution in [1.82, 2.24) is 0 Å². The molecule has 0 spiro atoms. The Hall–Kier alpha value is -1.50. The van der Waals surface area contributed by atoms with Gasteiger partial charge in [-0.05, 0) is 0 Å². The second-order valence-corrected chi connectivity index (χ2v) is 19.3. The zero-order chi connectivity index (χ0) is 22.8. The van der Waals surface area contributed by atoms with Crippen molar-refractivity contribution in [3.05, 3.63) is 94.0 Å². The third-order valence-electron chi connectivity index (χ3n) is 6.70. The van der Waals surface area contributed by atoms with Gasteiger partial charge >= 0.3 is 206 Å². The van der Waals surface area contributed by atoms with Crippen molar-refractivity contribution in [1.29, 1.82) is 0 Å². The van der Waals surface area contributed by atoms with Crippen molar-refractivity contribution in [2.24, 2.45) is 0 Å². The third-order valence-corrected chi connectivity index (χ3v) is 16.7. The van der Waals surface area contributed by atoms with Crippen LogP contribution in [0.5, 0.6) is 0 Å². The van der Waals surface area contributed by atoms with E-state index >= 15 is 0 Å². The molecule has 160 valence electrons. The zero-order valence-corrected chi connectivity index (χ0v) is 23.0. The van der Waals surface area contributed by atoms with E-state index < -0.39 is 5.15 Å². The summed E-state index contributed by atoms with van der Waals surface area (Å²) < 4.78 is 0. The molecular formula is C28H28BPSSe. The minimum absolute atomic E-state index is 0.323. The molecule has 0 saturated heterocycles. The zero-order valence-electron chi connectivity index (χ0n) is 19.6. The molecular weight excluding hydrogens is 489 g/mol. The molecule has 5 rings (SSSR count). The summed E-state index contributed by atoms with van der Waals surface area (Å²) >= 11 is 6.01. The molecule has 0 bridgehead atoms. The van der Waals surface area contributed by atoms with E-state index in [4.69, 9.17) is 0 Å². The Bertz CT molecular complexity index is 1340. The predicted molar refractivity (Wildman–Crippen MR) is 150 cm³/mol. The standard InChI is InChI=1S/C28H28BPSSe/c1-17-13-19(3)27(20(4)14-17)29-24-11-7-9-23-10-8-12-25(26(23)24)30(32,31-29)28-21(5)15-18(2)16-22(28)6/h7-16H,1-6H3. The number of aryl methyl sites for hydroxylation is 6. The van der Waals surface area contributed by atoms with Gasteiger partial charge in [0.1, 0.15) is 0 Å². The van der Waals surface area contributed by atoms with Gasteiger partial charge in [0.05, 0.1) is 0 Å². The van der Waals surface area contributed by atoms with Crippen LogP contribution in [0.25, 0.3) is 10.8 Å². The van der Waals surface area contributed by atoms with Gasteiger partial charge in [0, 0.05) is 0 Å². The molecule has 1 aliphatic rings. The summed E-state index contributed by atoms with van der Waals surface area (Å²) in [6.45, 7) is 13.6. The first kappa shape index (κ1) is 22.3. The first-order valence-corrected chi connectivity index (χ1v) is 16.7. The summed E-state index contributed by atoms with van der Waals surface area (Å²) in [5.74, 6) is 0.323. The van der Waals surface area contributed by atoms with Crippen molar-refractivity contribution < 1.29 is 0 Å². The summed E-state index contributed by atoms with van der Waals surface area (Å²) in [7, 11) is 0. The van der Waals surface area contributed by atoms with Gasteiger partial charge in [0.15, 0.2) is 0 Å². The van der Waals surface area contributed by atoms with Crippen molar-refractivity contribution in [2.75, 3.05) is 0 Å². The molecule has 0 saturated carbocycles. The van der Waals surface area contributed by atoms with E-state index in [1.54, 1.807) is 0 Å². The van der Waals surface area contributed by atoms with E-state index in [1.165, 1.54) is 65.7 Å². The van der Waals surface area contributed by atoms with Crippen LogP contribution in [0.4, 0.5) is 0 Å². The second kappa shape index (κ2) is 8.07. The quantitative estimate of drug-likeness (QED) is 0.250. The van der Waals surface area contributed by atoms with Gasteiger partial charge in [0.2, 0.25) is 0 Å². The monoisotopic (exact) mass is 518 g/mol. The van der Waals surface area contributed by atoms with Crippen LogP contribution in [0, 0.1) is 41.5 Å². The van der Waals surface area contributed by atoms with Crippen molar-refractivity contribution in [2.45, 2.75) is 41.5 Å². The molecule has 0 aliphatic carbocycles. The normalized spacial score (nSPS) is 17.8. The molecule has 0 fully saturated rings. The third kappa shape index (κ3) is 3.41. The van der Waals surface area contributed by atoms with Crippen LogP contribution < -0.4 is 21.5 Å². The van der Waals surface area contributed by atoms with Gasteiger partial charge in [-0.2, -0.15) is 0 Å². The summed E-state index contributed by atoms with van der Waals surface area (Å²) in [4.78, 5) is 0. The summed E-state index contributed by atoms with van der Waals surface area (Å²) in [6.07, 6.45) is 0. The number of rotatable bonds is 2. The molecule has 1 atom stereocenters. The Kier molecular flexibility index (Phi) is 5.62. The van der Waals surface area contributed by atoms with Crippen molar-refractivity contribution >= 4 is 70.3 Å². The Labute approximate surface area is 205 Å². The van der Waals surface area contributed by atoms with Crippen LogP contribution in [0.1, 0.15) is 33.4 Å². The summed E-state index contributed by atoms with van der Waals surface area (Å²) in [6, 6.07) is 23.2. The van der Waals surface area contributed by atoms with Gasteiger partial charge in [-0.25, -0.2) is 0 Å². The van der Waals surface area contributed by atoms with Gasteiger partial charge in [-0.15, -0.1) is 0 Å². The Morgan fingerprint density at radius 3 is 1.84 bits per heavy atom. The molecule has 0 nitrogen and oxygen atoms in total. The van der Waals surface area contributed by atoms with Crippen LogP contribution in [0.2, 0.25) is 0 Å². The summed E-state index contributed by atoms with van der Waals surface area (Å²) in [5.41, 5.74) is 11.3. The van der Waals surface area contributed by atoms with Gasteiger partial charge < -0.3 is 0 Å². The molecule has 4 aromatic rings. The minimum atomic E-state index is -1.80. The molecule has 4 heteroatoms. The van der Waals surface area contributed by atoms with Crippen LogP contribution in [0.3, 0.4) is 0 Å². The average molecular weight is 517 g/mol. The van der Waals surface area contributed by atoms with Gasteiger partial charge in [0.25, 0.3) is 0 Å². The fraction of sp³-hybridized carbons (Fsp3) is 0.214. The fourth-order valence-electron chi connectivity index (χ4n) is 5.70. The predicted octanol–water partition coefficient (Wildman–Crippen LogP) is 5.51. The first-order chi connectivity index (χ1) is 15.2. The maximum atomic E-state index is 3.83. The molecule has 1 unspecified atom stereocenters. The van der Waals surface area contributed by atoms with E-state index in [0.29, 0.717) is 5.99 Å². The molecule has 0 radical (unpaired) electrons. The van der Waals surface area contributed by atoms with E-state index in [2.05, 4.69) is 129 Å². The van der Waals surface area contributed by atoms with Gasteiger partial charge in [-0.1, -0.05) is 0 Å². The Balaban J connectivity index is 1.88. The van der Waals surface area contributed by atoms with Crippen LogP contribution >= 0.6 is 16.4 Å². The molecule has 32 heavy (non-hydrogen) atoms. The van der Waals surface area contributed by atoms with E-state index in [9.17, 15) is 0 Å². The molecule has 0 N–H and O–H groups in total. The Morgan fingerprint density at radius 1 is 0.719 bits per heavy atom. The number of hydrogen-bond acceptors (Lipinski definition) is 1. The van der Waals surface area contributed by atoms with Crippen LogP contribution in [-0.2, 0) is 0 Å². The molecule has 0 aromatic heterocycles. The number of benzene rings is 4.